The molecule has 142 valence electrons. The molecule has 2 N–H and O–H groups in total. The van der Waals surface area contributed by atoms with Crippen molar-refractivity contribution < 1.29 is 14.6 Å². The van der Waals surface area contributed by atoms with Crippen molar-refractivity contribution in [3.05, 3.63) is 57.0 Å². The Morgan fingerprint density at radius 2 is 1.96 bits per heavy atom. The van der Waals surface area contributed by atoms with E-state index in [1.54, 1.807) is 38.5 Å². The number of methoxy groups -OCH3 is 2. The number of H-pyrrole nitrogens is 1. The number of hydrogen-bond acceptors (Lipinski definition) is 6. The van der Waals surface area contributed by atoms with Gasteiger partial charge in [0.1, 0.15) is 23.1 Å². The van der Waals surface area contributed by atoms with Crippen LogP contribution in [-0.2, 0) is 0 Å². The number of ether oxygens (including phenoxy) is 2. The molecule has 4 rings (SSSR count). The third-order valence-electron chi connectivity index (χ3n) is 4.30. The van der Waals surface area contributed by atoms with Gasteiger partial charge in [0.25, 0.3) is 5.56 Å². The molecular weight excluding hydrogens is 428 g/mol. The molecule has 9 heteroatoms. The van der Waals surface area contributed by atoms with E-state index in [1.807, 2.05) is 0 Å². The van der Waals surface area contributed by atoms with Gasteiger partial charge in [-0.2, -0.15) is 9.78 Å². The van der Waals surface area contributed by atoms with Crippen LogP contribution in [0.25, 0.3) is 21.9 Å². The van der Waals surface area contributed by atoms with E-state index in [9.17, 15) is 9.90 Å². The molecule has 0 atom stereocenters. The summed E-state index contributed by atoms with van der Waals surface area (Å²) in [5.74, 6) is 1.15. The molecule has 0 aliphatic carbocycles. The second-order valence-corrected chi connectivity index (χ2v) is 6.86. The van der Waals surface area contributed by atoms with Crippen LogP contribution >= 0.6 is 15.9 Å². The molecule has 0 fully saturated rings. The minimum atomic E-state index is -0.370. The number of phenolic OH excluding ortho intramolecular Hbond substituents is 1. The number of hydrogen-bond donors (Lipinski definition) is 2. The van der Waals surface area contributed by atoms with Gasteiger partial charge in [0.15, 0.2) is 11.5 Å². The van der Waals surface area contributed by atoms with Crippen LogP contribution in [-0.4, -0.2) is 40.2 Å². The summed E-state index contributed by atoms with van der Waals surface area (Å²) in [6, 6.07) is 8.46. The SMILES string of the molecule is COc1cc2[nH]c3c(=O)n(/N=C/c4cc(Br)ccc4O)cnc3c2cc1OC. The largest absolute Gasteiger partial charge is 0.507 e. The van der Waals surface area contributed by atoms with E-state index >= 15 is 0 Å². The Morgan fingerprint density at radius 3 is 2.71 bits per heavy atom. The van der Waals surface area contributed by atoms with E-state index in [4.69, 9.17) is 9.47 Å². The Balaban J connectivity index is 1.85. The van der Waals surface area contributed by atoms with E-state index < -0.39 is 0 Å². The van der Waals surface area contributed by atoms with Gasteiger partial charge in [-0.1, -0.05) is 15.9 Å². The smallest absolute Gasteiger partial charge is 0.298 e. The lowest BCUT2D eigenvalue weighted by Crippen LogP contribution is -2.17. The zero-order valence-corrected chi connectivity index (χ0v) is 16.5. The lowest BCUT2D eigenvalue weighted by molar-refractivity contribution is 0.356. The van der Waals surface area contributed by atoms with Crippen LogP contribution in [0.3, 0.4) is 0 Å². The second-order valence-electron chi connectivity index (χ2n) is 5.94. The van der Waals surface area contributed by atoms with Gasteiger partial charge >= 0.3 is 0 Å². The molecule has 0 spiro atoms. The fourth-order valence-corrected chi connectivity index (χ4v) is 3.29. The molecule has 0 aliphatic heterocycles. The molecule has 2 heterocycles. The number of aromatic nitrogens is 3. The summed E-state index contributed by atoms with van der Waals surface area (Å²) in [7, 11) is 3.09. The molecule has 0 saturated carbocycles. The van der Waals surface area contributed by atoms with Crippen molar-refractivity contribution in [1.29, 1.82) is 0 Å². The third kappa shape index (κ3) is 2.99. The van der Waals surface area contributed by atoms with Gasteiger partial charge in [0.05, 0.1) is 26.0 Å². The first kappa shape index (κ1) is 18.1. The number of aromatic amines is 1. The number of benzene rings is 2. The highest BCUT2D eigenvalue weighted by molar-refractivity contribution is 9.10. The number of rotatable bonds is 4. The minimum absolute atomic E-state index is 0.0545. The Hall–Kier alpha value is -3.33. The van der Waals surface area contributed by atoms with Crippen molar-refractivity contribution in [1.82, 2.24) is 14.6 Å². The Labute approximate surface area is 167 Å². The van der Waals surface area contributed by atoms with Crippen LogP contribution in [0.2, 0.25) is 0 Å². The number of fused-ring (bicyclic) bond motifs is 3. The van der Waals surface area contributed by atoms with Crippen molar-refractivity contribution in [3.8, 4) is 17.2 Å². The van der Waals surface area contributed by atoms with Crippen LogP contribution in [0, 0.1) is 0 Å². The molecular formula is C19H15BrN4O4. The number of aromatic hydroxyl groups is 1. The van der Waals surface area contributed by atoms with E-state index in [0.717, 1.165) is 14.5 Å². The van der Waals surface area contributed by atoms with Crippen LogP contribution in [0.4, 0.5) is 0 Å². The first-order valence-electron chi connectivity index (χ1n) is 8.19. The predicted octanol–water partition coefficient (Wildman–Crippen LogP) is 3.25. The minimum Gasteiger partial charge on any atom is -0.507 e. The van der Waals surface area contributed by atoms with Crippen molar-refractivity contribution in [3.63, 3.8) is 0 Å². The quantitative estimate of drug-likeness (QED) is 0.472. The Morgan fingerprint density at radius 1 is 1.21 bits per heavy atom. The summed E-state index contributed by atoms with van der Waals surface area (Å²) < 4.78 is 12.5. The molecule has 0 radical (unpaired) electrons. The summed E-state index contributed by atoms with van der Waals surface area (Å²) in [4.78, 5) is 20.3. The first-order valence-corrected chi connectivity index (χ1v) is 8.99. The van der Waals surface area contributed by atoms with E-state index in [1.165, 1.54) is 18.6 Å². The number of phenols is 1. The summed E-state index contributed by atoms with van der Waals surface area (Å²) in [5, 5.41) is 14.8. The third-order valence-corrected chi connectivity index (χ3v) is 4.80. The molecule has 0 saturated heterocycles. The highest BCUT2D eigenvalue weighted by Crippen LogP contribution is 2.34. The topological polar surface area (TPSA) is 102 Å². The van der Waals surface area contributed by atoms with Gasteiger partial charge in [0, 0.05) is 21.5 Å². The standard InChI is InChI=1S/C19H15BrN4O4/c1-27-15-6-12-13(7-16(15)28-2)23-18-17(12)21-9-24(19(18)26)22-8-10-5-11(20)3-4-14(10)25/h3-9,23,25H,1-2H3/b22-8+. The monoisotopic (exact) mass is 442 g/mol. The maximum atomic E-state index is 12.8. The van der Waals surface area contributed by atoms with Crippen molar-refractivity contribution >= 4 is 44.1 Å². The molecule has 0 amide bonds. The fraction of sp³-hybridized carbons (Fsp3) is 0.105. The van der Waals surface area contributed by atoms with Crippen molar-refractivity contribution in [2.75, 3.05) is 14.2 Å². The lowest BCUT2D eigenvalue weighted by Gasteiger charge is -2.06. The van der Waals surface area contributed by atoms with Crippen molar-refractivity contribution in [2.24, 2.45) is 5.10 Å². The molecule has 2 aromatic carbocycles. The number of nitrogens with one attached hydrogen (secondary N) is 1. The van der Waals surface area contributed by atoms with Crippen molar-refractivity contribution in [2.45, 2.75) is 0 Å². The van der Waals surface area contributed by atoms with E-state index in [-0.39, 0.29) is 11.3 Å². The molecule has 2 aromatic heterocycles. The number of halogens is 1. The zero-order valence-electron chi connectivity index (χ0n) is 14.9. The van der Waals surface area contributed by atoms with E-state index in [0.29, 0.717) is 33.6 Å². The van der Waals surface area contributed by atoms with Crippen LogP contribution in [0.15, 0.2) is 51.0 Å². The Bertz CT molecular complexity index is 1290. The average molecular weight is 443 g/mol. The Kier molecular flexibility index (Phi) is 4.52. The fourth-order valence-electron chi connectivity index (χ4n) is 2.91. The highest BCUT2D eigenvalue weighted by atomic mass is 79.9. The van der Waals surface area contributed by atoms with Gasteiger partial charge < -0.3 is 19.6 Å². The van der Waals surface area contributed by atoms with Gasteiger partial charge in [-0.3, -0.25) is 4.79 Å². The highest BCUT2D eigenvalue weighted by Gasteiger charge is 2.14. The van der Waals surface area contributed by atoms with Crippen LogP contribution in [0.5, 0.6) is 17.2 Å². The molecule has 0 unspecified atom stereocenters. The zero-order chi connectivity index (χ0) is 19.8. The van der Waals surface area contributed by atoms with Crippen LogP contribution < -0.4 is 15.0 Å². The molecule has 8 nitrogen and oxygen atoms in total. The molecule has 4 aromatic rings. The van der Waals surface area contributed by atoms with Gasteiger partial charge in [0.2, 0.25) is 0 Å². The molecule has 0 aliphatic rings. The van der Waals surface area contributed by atoms with Gasteiger partial charge in [-0.15, -0.1) is 0 Å². The maximum absolute atomic E-state index is 12.8. The maximum Gasteiger partial charge on any atom is 0.298 e. The summed E-state index contributed by atoms with van der Waals surface area (Å²) in [6.07, 6.45) is 2.73. The summed E-state index contributed by atoms with van der Waals surface area (Å²) in [6.45, 7) is 0. The molecule has 0 bridgehead atoms. The van der Waals surface area contributed by atoms with Crippen LogP contribution in [0.1, 0.15) is 5.56 Å². The summed E-state index contributed by atoms with van der Waals surface area (Å²) >= 11 is 3.33. The lowest BCUT2D eigenvalue weighted by atomic mass is 10.2. The summed E-state index contributed by atoms with van der Waals surface area (Å²) in [5.41, 5.74) is 1.61. The first-order chi connectivity index (χ1) is 13.5. The molecule has 28 heavy (non-hydrogen) atoms. The predicted molar refractivity (Wildman–Crippen MR) is 110 cm³/mol. The second kappa shape index (κ2) is 7.01. The van der Waals surface area contributed by atoms with Gasteiger partial charge in [-0.05, 0) is 24.3 Å². The normalized spacial score (nSPS) is 11.5. The van der Waals surface area contributed by atoms with E-state index in [2.05, 4.69) is 31.0 Å². The average Bonchev–Trinajstić information content (AvgIpc) is 3.07. The number of nitrogens with zero attached hydrogens (tertiary/aromatic N) is 3. The van der Waals surface area contributed by atoms with Gasteiger partial charge in [-0.25, -0.2) is 4.98 Å².